The first-order valence-electron chi connectivity index (χ1n) is 21.4. The zero-order valence-corrected chi connectivity index (χ0v) is 35.3. The topological polar surface area (TPSA) is 140 Å². The Morgan fingerprint density at radius 2 is 1.19 bits per heavy atom. The molecule has 0 unspecified atom stereocenters. The number of phosphoric ester groups is 1. The summed E-state index contributed by atoms with van der Waals surface area (Å²) in [4.78, 5) is 42.9. The normalized spacial score (nSPS) is 13.6. The third-order valence-corrected chi connectivity index (χ3v) is 9.59. The number of carbonyl (C=O) groups excluding carboxylic acids is 2. The summed E-state index contributed by atoms with van der Waals surface area (Å²) in [6, 6.07) is 0. The van der Waals surface area contributed by atoms with Gasteiger partial charge in [0.15, 0.2) is 6.10 Å². The van der Waals surface area contributed by atoms with Gasteiger partial charge >= 0.3 is 19.8 Å². The van der Waals surface area contributed by atoms with Crippen molar-refractivity contribution in [3.8, 4) is 0 Å². The van der Waals surface area contributed by atoms with Crippen molar-refractivity contribution < 1.29 is 43.0 Å². The summed E-state index contributed by atoms with van der Waals surface area (Å²) in [5.74, 6) is -0.160. The SMILES string of the molecule is CCCCC/C=C\C=C/[C@@H](O)C/C=C\C/C=C/CCCC(=O)OC[C@H](COP(=O)(O)O)OC(=O)CCCCCCCCCCCCCCCCCC(C)C. The standard InChI is InChI=1S/C44H79O9P/c1-4-5-6-7-18-24-29-34-41(45)35-30-25-20-17-22-26-31-36-43(46)51-38-42(39-52-54(48,49)50)53-44(47)37-32-27-21-16-14-12-10-8-9-11-13-15-19-23-28-33-40(2)3/h17-18,22,24-25,29-30,34,40-42,45H,4-16,19-21,23,26-28,31-33,35-39H2,1-3H3,(H2,48,49,50)/b22-17+,24-18-,30-25-,34-29-/t41-,42-/m1/s1. The molecule has 0 fully saturated rings. The van der Waals surface area contributed by atoms with Crippen molar-refractivity contribution in [2.24, 2.45) is 5.92 Å². The predicted octanol–water partition coefficient (Wildman–Crippen LogP) is 12.0. The molecular weight excluding hydrogens is 703 g/mol. The highest BCUT2D eigenvalue weighted by Gasteiger charge is 2.22. The van der Waals surface area contributed by atoms with Crippen LogP contribution in [0, 0.1) is 5.92 Å². The molecule has 0 aliphatic carbocycles. The highest BCUT2D eigenvalue weighted by Crippen LogP contribution is 2.36. The summed E-state index contributed by atoms with van der Waals surface area (Å²) in [5.41, 5.74) is 0. The van der Waals surface area contributed by atoms with Crippen molar-refractivity contribution >= 4 is 19.8 Å². The van der Waals surface area contributed by atoms with Crippen molar-refractivity contribution in [3.05, 3.63) is 48.6 Å². The first kappa shape index (κ1) is 52.0. The summed E-state index contributed by atoms with van der Waals surface area (Å²) < 4.78 is 26.3. The van der Waals surface area contributed by atoms with E-state index in [1.165, 1.54) is 96.3 Å². The van der Waals surface area contributed by atoms with Gasteiger partial charge in [0.05, 0.1) is 12.7 Å². The maximum Gasteiger partial charge on any atom is 0.469 e. The molecule has 0 saturated heterocycles. The number of hydrogen-bond donors (Lipinski definition) is 3. The number of unbranched alkanes of at least 4 members (excludes halogenated alkanes) is 18. The van der Waals surface area contributed by atoms with Gasteiger partial charge < -0.3 is 24.4 Å². The van der Waals surface area contributed by atoms with Crippen LogP contribution < -0.4 is 0 Å². The number of esters is 2. The molecule has 0 aromatic heterocycles. The molecule has 0 bridgehead atoms. The number of phosphoric acid groups is 1. The predicted molar refractivity (Wildman–Crippen MR) is 222 cm³/mol. The average Bonchev–Trinajstić information content (AvgIpc) is 3.12. The number of carbonyl (C=O) groups is 2. The van der Waals surface area contributed by atoms with E-state index < -0.39 is 38.6 Å². The molecule has 9 nitrogen and oxygen atoms in total. The molecular formula is C44H79O9P. The molecule has 3 N–H and O–H groups in total. The molecule has 0 spiro atoms. The molecule has 54 heavy (non-hydrogen) atoms. The second-order valence-electron chi connectivity index (χ2n) is 15.0. The molecule has 0 aromatic rings. The first-order chi connectivity index (χ1) is 26.0. The van der Waals surface area contributed by atoms with E-state index in [2.05, 4.69) is 31.4 Å². The van der Waals surface area contributed by atoms with E-state index in [0.29, 0.717) is 25.7 Å². The van der Waals surface area contributed by atoms with Crippen molar-refractivity contribution in [2.45, 2.75) is 200 Å². The molecule has 0 rings (SSSR count). The Morgan fingerprint density at radius 1 is 0.630 bits per heavy atom. The van der Waals surface area contributed by atoms with E-state index >= 15 is 0 Å². The minimum Gasteiger partial charge on any atom is -0.462 e. The van der Waals surface area contributed by atoms with E-state index in [9.17, 15) is 19.3 Å². The quantitative estimate of drug-likeness (QED) is 0.0183. The Hall–Kier alpha value is -2.03. The summed E-state index contributed by atoms with van der Waals surface area (Å²) in [5, 5.41) is 10.0. The van der Waals surface area contributed by atoms with Gasteiger partial charge in [0, 0.05) is 12.8 Å². The van der Waals surface area contributed by atoms with Crippen molar-refractivity contribution in [2.75, 3.05) is 13.2 Å². The van der Waals surface area contributed by atoms with Gasteiger partial charge in [-0.05, 0) is 50.9 Å². The van der Waals surface area contributed by atoms with Gasteiger partial charge in [0.1, 0.15) is 6.61 Å². The van der Waals surface area contributed by atoms with Crippen LogP contribution in [-0.4, -0.2) is 52.3 Å². The van der Waals surface area contributed by atoms with E-state index in [-0.39, 0.29) is 19.4 Å². The first-order valence-corrected chi connectivity index (χ1v) is 22.9. The van der Waals surface area contributed by atoms with Crippen LogP contribution in [-0.2, 0) is 28.2 Å². The molecule has 0 heterocycles. The fraction of sp³-hybridized carbons (Fsp3) is 0.773. The maximum atomic E-state index is 12.4. The largest absolute Gasteiger partial charge is 0.469 e. The van der Waals surface area contributed by atoms with Crippen LogP contribution in [0.3, 0.4) is 0 Å². The Labute approximate surface area is 329 Å². The minimum atomic E-state index is -4.78. The molecule has 0 aliphatic rings. The summed E-state index contributed by atoms with van der Waals surface area (Å²) in [7, 11) is -4.78. The zero-order chi connectivity index (χ0) is 40.0. The smallest absolute Gasteiger partial charge is 0.462 e. The van der Waals surface area contributed by atoms with Crippen LogP contribution in [0.25, 0.3) is 0 Å². The fourth-order valence-electron chi connectivity index (χ4n) is 5.87. The van der Waals surface area contributed by atoms with Crippen molar-refractivity contribution in [1.82, 2.24) is 0 Å². The number of aliphatic hydroxyl groups excluding tert-OH is 1. The van der Waals surface area contributed by atoms with Crippen LogP contribution in [0.5, 0.6) is 0 Å². The molecule has 314 valence electrons. The lowest BCUT2D eigenvalue weighted by Gasteiger charge is -2.18. The monoisotopic (exact) mass is 783 g/mol. The van der Waals surface area contributed by atoms with Crippen LogP contribution in [0.2, 0.25) is 0 Å². The summed E-state index contributed by atoms with van der Waals surface area (Å²) in [6.45, 7) is 5.89. The van der Waals surface area contributed by atoms with Crippen molar-refractivity contribution in [1.29, 1.82) is 0 Å². The molecule has 0 aliphatic heterocycles. The minimum absolute atomic E-state index is 0.157. The van der Waals surface area contributed by atoms with Gasteiger partial charge in [-0.1, -0.05) is 179 Å². The Bertz CT molecular complexity index is 1050. The second kappa shape index (κ2) is 37.9. The van der Waals surface area contributed by atoms with Crippen LogP contribution in [0.4, 0.5) is 0 Å². The van der Waals surface area contributed by atoms with Gasteiger partial charge in [-0.15, -0.1) is 0 Å². The van der Waals surface area contributed by atoms with Gasteiger partial charge in [-0.2, -0.15) is 0 Å². The lowest BCUT2D eigenvalue weighted by molar-refractivity contribution is -0.161. The lowest BCUT2D eigenvalue weighted by Crippen LogP contribution is -2.29. The molecule has 0 amide bonds. The second-order valence-corrected chi connectivity index (χ2v) is 16.2. The molecule has 0 saturated carbocycles. The van der Waals surface area contributed by atoms with Gasteiger partial charge in [-0.3, -0.25) is 14.1 Å². The molecule has 10 heteroatoms. The van der Waals surface area contributed by atoms with Crippen LogP contribution in [0.15, 0.2) is 48.6 Å². The van der Waals surface area contributed by atoms with Gasteiger partial charge in [0.2, 0.25) is 0 Å². The van der Waals surface area contributed by atoms with Gasteiger partial charge in [-0.25, -0.2) is 4.57 Å². The summed E-state index contributed by atoms with van der Waals surface area (Å²) >= 11 is 0. The van der Waals surface area contributed by atoms with Crippen LogP contribution >= 0.6 is 7.82 Å². The van der Waals surface area contributed by atoms with Gasteiger partial charge in [0.25, 0.3) is 0 Å². The lowest BCUT2D eigenvalue weighted by atomic mass is 10.0. The number of allylic oxidation sites excluding steroid dienone is 6. The van der Waals surface area contributed by atoms with Crippen molar-refractivity contribution in [3.63, 3.8) is 0 Å². The fourth-order valence-corrected chi connectivity index (χ4v) is 6.23. The molecule has 0 aromatic carbocycles. The van der Waals surface area contributed by atoms with E-state index in [1.807, 2.05) is 36.5 Å². The number of aliphatic hydroxyl groups is 1. The van der Waals surface area contributed by atoms with E-state index in [4.69, 9.17) is 19.3 Å². The maximum absolute atomic E-state index is 12.4. The van der Waals surface area contributed by atoms with E-state index in [0.717, 1.165) is 38.0 Å². The molecule has 2 atom stereocenters. The number of rotatable bonds is 38. The third kappa shape index (κ3) is 41.1. The molecule has 0 radical (unpaired) electrons. The van der Waals surface area contributed by atoms with Crippen LogP contribution in [0.1, 0.15) is 188 Å². The highest BCUT2D eigenvalue weighted by atomic mass is 31.2. The Kier molecular flexibility index (Phi) is 36.4. The summed E-state index contributed by atoms with van der Waals surface area (Å²) in [6.07, 6.45) is 41.5. The number of ether oxygens (including phenoxy) is 2. The Morgan fingerprint density at radius 3 is 1.78 bits per heavy atom. The average molecular weight is 783 g/mol. The van der Waals surface area contributed by atoms with E-state index in [1.54, 1.807) is 6.08 Å². The Balaban J connectivity index is 4.04. The zero-order valence-electron chi connectivity index (χ0n) is 34.4. The number of hydrogen-bond acceptors (Lipinski definition) is 7. The highest BCUT2D eigenvalue weighted by molar-refractivity contribution is 7.46. The third-order valence-electron chi connectivity index (χ3n) is 9.11.